The van der Waals surface area contributed by atoms with Crippen LogP contribution in [0.25, 0.3) is 0 Å². The van der Waals surface area contributed by atoms with Gasteiger partial charge in [0.2, 0.25) is 0 Å². The van der Waals surface area contributed by atoms with E-state index in [2.05, 4.69) is 15.3 Å². The number of likely N-dealkylation sites (N-methyl/N-ethyl adjacent to an activating group) is 1. The van der Waals surface area contributed by atoms with Crippen LogP contribution in [0, 0.1) is 0 Å². The van der Waals surface area contributed by atoms with Gasteiger partial charge in [-0.2, -0.15) is 0 Å². The van der Waals surface area contributed by atoms with Gasteiger partial charge in [0.25, 0.3) is 5.91 Å². The summed E-state index contributed by atoms with van der Waals surface area (Å²) >= 11 is 0. The van der Waals surface area contributed by atoms with Gasteiger partial charge < -0.3 is 25.3 Å². The number of carbonyl (C=O) groups excluding carboxylic acids is 1. The Kier molecular flexibility index (Phi) is 2.80. The molecule has 1 aliphatic rings. The second-order valence-electron chi connectivity index (χ2n) is 3.87. The van der Waals surface area contributed by atoms with E-state index in [4.69, 9.17) is 0 Å². The van der Waals surface area contributed by atoms with E-state index >= 15 is 0 Å². The van der Waals surface area contributed by atoms with E-state index in [1.54, 1.807) is 7.05 Å². The molecule has 0 radical (unpaired) electrons. The highest BCUT2D eigenvalue weighted by Crippen LogP contribution is 2.09. The maximum Gasteiger partial charge on any atom is 0.323 e. The molecular formula is C9H14N4O3. The second kappa shape index (κ2) is 4.11. The van der Waals surface area contributed by atoms with E-state index in [0.29, 0.717) is 13.1 Å². The van der Waals surface area contributed by atoms with E-state index in [9.17, 15) is 14.7 Å². The molecule has 88 valence electrons. The van der Waals surface area contributed by atoms with Gasteiger partial charge in [-0.1, -0.05) is 0 Å². The van der Waals surface area contributed by atoms with Crippen LogP contribution in [0.4, 0.5) is 0 Å². The molecule has 16 heavy (non-hydrogen) atoms. The summed E-state index contributed by atoms with van der Waals surface area (Å²) in [5.74, 6) is -0.314. The summed E-state index contributed by atoms with van der Waals surface area (Å²) in [6.07, 6.45) is 0.759. The molecule has 1 aliphatic heterocycles. The third-order valence-corrected chi connectivity index (χ3v) is 2.80. The van der Waals surface area contributed by atoms with Crippen LogP contribution in [0.2, 0.25) is 0 Å². The van der Waals surface area contributed by atoms with E-state index in [1.807, 2.05) is 0 Å². The molecule has 4 N–H and O–H groups in total. The summed E-state index contributed by atoms with van der Waals surface area (Å²) in [5, 5.41) is 12.6. The fraction of sp³-hybridized carbons (Fsp3) is 0.556. The van der Waals surface area contributed by atoms with Crippen molar-refractivity contribution in [2.75, 3.05) is 20.1 Å². The lowest BCUT2D eigenvalue weighted by atomic mass is 10.2. The van der Waals surface area contributed by atoms with Gasteiger partial charge in [0.1, 0.15) is 5.69 Å². The normalized spacial score (nSPS) is 24.6. The lowest BCUT2D eigenvalue weighted by Gasteiger charge is -2.25. The Hall–Kier alpha value is -1.60. The predicted molar refractivity (Wildman–Crippen MR) is 56.2 cm³/mol. The van der Waals surface area contributed by atoms with Gasteiger partial charge in [-0.15, -0.1) is 0 Å². The molecule has 1 amide bonds. The molecule has 0 aliphatic carbocycles. The number of aromatic amines is 2. The highest BCUT2D eigenvalue weighted by atomic mass is 16.3. The Balaban J connectivity index is 2.12. The van der Waals surface area contributed by atoms with Crippen molar-refractivity contribution in [2.24, 2.45) is 0 Å². The van der Waals surface area contributed by atoms with Crippen LogP contribution in [-0.4, -0.2) is 58.2 Å². The van der Waals surface area contributed by atoms with Crippen LogP contribution < -0.4 is 11.0 Å². The second-order valence-corrected chi connectivity index (χ2v) is 3.87. The smallest absolute Gasteiger partial charge is 0.323 e. The summed E-state index contributed by atoms with van der Waals surface area (Å²) in [7, 11) is 1.61. The average Bonchev–Trinajstić information content (AvgIpc) is 2.85. The first-order chi connectivity index (χ1) is 7.59. The van der Waals surface area contributed by atoms with Gasteiger partial charge in [0.15, 0.2) is 0 Å². The summed E-state index contributed by atoms with van der Waals surface area (Å²) in [6, 6.07) is -0.258. The zero-order valence-electron chi connectivity index (χ0n) is 8.86. The summed E-state index contributed by atoms with van der Waals surface area (Å²) in [6.45, 7) is 1.03. The first-order valence-electron chi connectivity index (χ1n) is 5.03. The number of β-amino-alcohol motifs (C(OH)–C–C–N with tert-alkyl or cyclic N) is 1. The number of hydrogen-bond donors (Lipinski definition) is 4. The van der Waals surface area contributed by atoms with Crippen LogP contribution in [0.1, 0.15) is 10.5 Å². The number of aliphatic hydroxyl groups is 1. The molecule has 7 heteroatoms. The zero-order valence-corrected chi connectivity index (χ0v) is 8.86. The molecule has 0 aromatic carbocycles. The van der Waals surface area contributed by atoms with Crippen molar-refractivity contribution in [3.63, 3.8) is 0 Å². The molecule has 0 saturated carbocycles. The minimum Gasteiger partial charge on any atom is -0.390 e. The number of amides is 1. The Morgan fingerprint density at radius 2 is 2.31 bits per heavy atom. The molecule has 0 spiro atoms. The number of H-pyrrole nitrogens is 2. The lowest BCUT2D eigenvalue weighted by Crippen LogP contribution is -2.44. The van der Waals surface area contributed by atoms with Crippen LogP contribution in [0.5, 0.6) is 0 Å². The Bertz CT molecular complexity index is 438. The lowest BCUT2D eigenvalue weighted by molar-refractivity contribution is 0.0576. The topological polar surface area (TPSA) is 101 Å². The Labute approximate surface area is 91.5 Å². The van der Waals surface area contributed by atoms with Crippen LogP contribution in [0.3, 0.4) is 0 Å². The largest absolute Gasteiger partial charge is 0.390 e. The summed E-state index contributed by atoms with van der Waals surface area (Å²) in [4.78, 5) is 28.9. The number of hydrogen-bond acceptors (Lipinski definition) is 4. The van der Waals surface area contributed by atoms with Crippen molar-refractivity contribution in [1.82, 2.24) is 20.2 Å². The Morgan fingerprint density at radius 3 is 2.81 bits per heavy atom. The SMILES string of the molecule is CN(C(=O)c1c[nH]c(=O)[nH]1)[C@@H]1CNC[C@H]1O. The molecule has 1 aromatic heterocycles. The third kappa shape index (κ3) is 1.86. The van der Waals surface area contributed by atoms with Crippen LogP contribution in [-0.2, 0) is 0 Å². The number of nitrogens with zero attached hydrogens (tertiary/aromatic N) is 1. The molecule has 7 nitrogen and oxygen atoms in total. The molecule has 0 bridgehead atoms. The van der Waals surface area contributed by atoms with Gasteiger partial charge in [0, 0.05) is 26.3 Å². The number of nitrogens with one attached hydrogen (secondary N) is 3. The number of carbonyl (C=O) groups is 1. The van der Waals surface area contributed by atoms with E-state index in [1.165, 1.54) is 11.1 Å². The van der Waals surface area contributed by atoms with E-state index in [0.717, 1.165) is 0 Å². The number of rotatable bonds is 2. The van der Waals surface area contributed by atoms with E-state index < -0.39 is 11.8 Å². The highest BCUT2D eigenvalue weighted by Gasteiger charge is 2.31. The fourth-order valence-electron chi connectivity index (χ4n) is 1.83. The first kappa shape index (κ1) is 10.9. The van der Waals surface area contributed by atoms with Gasteiger partial charge in [-0.05, 0) is 0 Å². The van der Waals surface area contributed by atoms with Crippen molar-refractivity contribution in [2.45, 2.75) is 12.1 Å². The summed E-state index contributed by atoms with van der Waals surface area (Å²) in [5.41, 5.74) is -0.214. The van der Waals surface area contributed by atoms with Crippen molar-refractivity contribution >= 4 is 5.91 Å². The molecular weight excluding hydrogens is 212 g/mol. The molecule has 1 aromatic rings. The maximum atomic E-state index is 11.9. The average molecular weight is 226 g/mol. The number of aromatic nitrogens is 2. The van der Waals surface area contributed by atoms with Crippen molar-refractivity contribution in [1.29, 1.82) is 0 Å². The molecule has 2 heterocycles. The minimum absolute atomic E-state index is 0.201. The molecule has 1 fully saturated rings. The van der Waals surface area contributed by atoms with Crippen LogP contribution in [0.15, 0.2) is 11.0 Å². The first-order valence-corrected chi connectivity index (χ1v) is 5.03. The molecule has 2 atom stereocenters. The Morgan fingerprint density at radius 1 is 1.56 bits per heavy atom. The van der Waals surface area contributed by atoms with Gasteiger partial charge in [-0.3, -0.25) is 4.79 Å². The third-order valence-electron chi connectivity index (χ3n) is 2.80. The van der Waals surface area contributed by atoms with Gasteiger partial charge in [0.05, 0.1) is 12.1 Å². The zero-order chi connectivity index (χ0) is 11.7. The van der Waals surface area contributed by atoms with E-state index in [-0.39, 0.29) is 17.6 Å². The molecule has 1 saturated heterocycles. The van der Waals surface area contributed by atoms with Crippen molar-refractivity contribution in [3.8, 4) is 0 Å². The van der Waals surface area contributed by atoms with Gasteiger partial charge >= 0.3 is 5.69 Å². The predicted octanol–water partition coefficient (Wildman–Crippen LogP) is -1.89. The molecule has 0 unspecified atom stereocenters. The van der Waals surface area contributed by atoms with Crippen molar-refractivity contribution < 1.29 is 9.90 Å². The summed E-state index contributed by atoms with van der Waals surface area (Å²) < 4.78 is 0. The molecule has 2 rings (SSSR count). The monoisotopic (exact) mass is 226 g/mol. The van der Waals surface area contributed by atoms with Gasteiger partial charge in [-0.25, -0.2) is 4.79 Å². The quantitative estimate of drug-likeness (QED) is 0.473. The highest BCUT2D eigenvalue weighted by molar-refractivity contribution is 5.92. The number of imidazole rings is 1. The number of aliphatic hydroxyl groups excluding tert-OH is 1. The van der Waals surface area contributed by atoms with Crippen molar-refractivity contribution in [3.05, 3.63) is 22.4 Å². The maximum absolute atomic E-state index is 11.9. The fourth-order valence-corrected chi connectivity index (χ4v) is 1.83. The standard InChI is InChI=1S/C9H14N4O3/c1-13(6-3-10-4-7(6)14)8(15)5-2-11-9(16)12-5/h2,6-7,10,14H,3-4H2,1H3,(H2,11,12,16)/t6-,7-/m1/s1. The minimum atomic E-state index is -0.570. The van der Waals surface area contributed by atoms with Crippen LogP contribution >= 0.6 is 0 Å².